The minimum atomic E-state index is -3.46. The smallest absolute Gasteiger partial charge is 0.243 e. The van der Waals surface area contributed by atoms with Crippen LogP contribution in [0.1, 0.15) is 50.2 Å². The third kappa shape index (κ3) is 3.24. The summed E-state index contributed by atoms with van der Waals surface area (Å²) in [6, 6.07) is 3.48. The average Bonchev–Trinajstić information content (AvgIpc) is 2.45. The summed E-state index contributed by atoms with van der Waals surface area (Å²) >= 11 is 0. The highest BCUT2D eigenvalue weighted by Crippen LogP contribution is 2.29. The van der Waals surface area contributed by atoms with Crippen LogP contribution >= 0.6 is 0 Å². The molecule has 0 radical (unpaired) electrons. The van der Waals surface area contributed by atoms with Gasteiger partial charge in [-0.3, -0.25) is 0 Å². The van der Waals surface area contributed by atoms with Gasteiger partial charge in [0.15, 0.2) is 0 Å². The predicted octanol–water partition coefficient (Wildman–Crippen LogP) is 3.23. The molecule has 1 aromatic carbocycles. The Balaban J connectivity index is 2.39. The zero-order valence-electron chi connectivity index (χ0n) is 13.2. The first-order valence-electron chi connectivity index (χ1n) is 7.76. The molecular formula is C16H26N2O2S. The summed E-state index contributed by atoms with van der Waals surface area (Å²) in [5, 5.41) is 0. The first-order valence-corrected chi connectivity index (χ1v) is 9.20. The van der Waals surface area contributed by atoms with Crippen molar-refractivity contribution >= 4 is 15.7 Å². The average molecular weight is 310 g/mol. The summed E-state index contributed by atoms with van der Waals surface area (Å²) < 4.78 is 27.6. The Bertz CT molecular complexity index is 582. The fourth-order valence-electron chi connectivity index (χ4n) is 3.13. The van der Waals surface area contributed by atoms with Crippen molar-refractivity contribution in [1.29, 1.82) is 0 Å². The van der Waals surface area contributed by atoms with Crippen molar-refractivity contribution in [2.24, 2.45) is 0 Å². The molecule has 4 nitrogen and oxygen atoms in total. The van der Waals surface area contributed by atoms with Crippen LogP contribution in [0, 0.1) is 13.8 Å². The summed E-state index contributed by atoms with van der Waals surface area (Å²) in [6.07, 6.45) is 5.38. The van der Waals surface area contributed by atoms with E-state index in [1.54, 1.807) is 16.4 Å². The van der Waals surface area contributed by atoms with Crippen LogP contribution in [-0.4, -0.2) is 25.3 Å². The zero-order valence-corrected chi connectivity index (χ0v) is 14.0. The second kappa shape index (κ2) is 6.36. The van der Waals surface area contributed by atoms with Gasteiger partial charge in [0.1, 0.15) is 0 Å². The van der Waals surface area contributed by atoms with Gasteiger partial charge in [0.2, 0.25) is 10.0 Å². The Morgan fingerprint density at radius 2 is 1.81 bits per heavy atom. The predicted molar refractivity (Wildman–Crippen MR) is 86.8 cm³/mol. The molecule has 0 aliphatic heterocycles. The molecule has 0 aromatic heterocycles. The Hall–Kier alpha value is -1.07. The minimum Gasteiger partial charge on any atom is -0.398 e. The van der Waals surface area contributed by atoms with Crippen LogP contribution in [0.25, 0.3) is 0 Å². The largest absolute Gasteiger partial charge is 0.398 e. The number of benzene rings is 1. The standard InChI is InChI=1S/C16H26N2O2S/c1-4-18(14-8-6-5-7-9-14)21(19,20)15-10-12(2)13(3)16(17)11-15/h10-11,14H,4-9,17H2,1-3H3. The molecule has 118 valence electrons. The number of rotatable bonds is 4. The molecular weight excluding hydrogens is 284 g/mol. The minimum absolute atomic E-state index is 0.136. The molecule has 0 spiro atoms. The lowest BCUT2D eigenvalue weighted by Gasteiger charge is -2.32. The van der Waals surface area contributed by atoms with E-state index in [2.05, 4.69) is 0 Å². The van der Waals surface area contributed by atoms with Crippen LogP contribution in [0.15, 0.2) is 17.0 Å². The van der Waals surface area contributed by atoms with Gasteiger partial charge in [-0.1, -0.05) is 26.2 Å². The summed E-state index contributed by atoms with van der Waals surface area (Å²) in [5.74, 6) is 0. The van der Waals surface area contributed by atoms with Gasteiger partial charge in [0, 0.05) is 18.3 Å². The molecule has 0 heterocycles. The maximum Gasteiger partial charge on any atom is 0.243 e. The van der Waals surface area contributed by atoms with Crippen molar-refractivity contribution < 1.29 is 8.42 Å². The van der Waals surface area contributed by atoms with Crippen molar-refractivity contribution in [3.8, 4) is 0 Å². The molecule has 0 unspecified atom stereocenters. The van der Waals surface area contributed by atoms with Gasteiger partial charge in [-0.25, -0.2) is 8.42 Å². The van der Waals surface area contributed by atoms with E-state index in [-0.39, 0.29) is 6.04 Å². The molecule has 2 N–H and O–H groups in total. The maximum absolute atomic E-state index is 12.9. The van der Waals surface area contributed by atoms with Crippen LogP contribution < -0.4 is 5.73 Å². The normalized spacial score (nSPS) is 17.3. The Kier molecular flexibility index (Phi) is 4.94. The van der Waals surface area contributed by atoms with Crippen molar-refractivity contribution in [3.05, 3.63) is 23.3 Å². The quantitative estimate of drug-likeness (QED) is 0.868. The first-order chi connectivity index (χ1) is 9.87. The monoisotopic (exact) mass is 310 g/mol. The second-order valence-corrected chi connectivity index (χ2v) is 7.85. The zero-order chi connectivity index (χ0) is 15.6. The highest BCUT2D eigenvalue weighted by Gasteiger charge is 2.31. The van der Waals surface area contributed by atoms with Gasteiger partial charge in [-0.2, -0.15) is 4.31 Å². The molecule has 1 aliphatic carbocycles. The highest BCUT2D eigenvalue weighted by molar-refractivity contribution is 7.89. The van der Waals surface area contributed by atoms with Crippen molar-refractivity contribution in [3.63, 3.8) is 0 Å². The van der Waals surface area contributed by atoms with E-state index < -0.39 is 10.0 Å². The molecule has 0 amide bonds. The van der Waals surface area contributed by atoms with Crippen molar-refractivity contribution in [1.82, 2.24) is 4.31 Å². The highest BCUT2D eigenvalue weighted by atomic mass is 32.2. The van der Waals surface area contributed by atoms with Gasteiger partial charge in [0.05, 0.1) is 4.90 Å². The van der Waals surface area contributed by atoms with E-state index in [0.29, 0.717) is 17.1 Å². The summed E-state index contributed by atoms with van der Waals surface area (Å²) in [5.41, 5.74) is 8.38. The topological polar surface area (TPSA) is 63.4 Å². The number of nitrogens with zero attached hydrogens (tertiary/aromatic N) is 1. The van der Waals surface area contributed by atoms with E-state index in [1.807, 2.05) is 20.8 Å². The van der Waals surface area contributed by atoms with Gasteiger partial charge < -0.3 is 5.73 Å². The number of sulfonamides is 1. The van der Waals surface area contributed by atoms with Crippen LogP contribution in [0.4, 0.5) is 5.69 Å². The molecule has 1 aromatic rings. The van der Waals surface area contributed by atoms with E-state index in [0.717, 1.165) is 36.8 Å². The first kappa shape index (κ1) is 16.3. The third-order valence-electron chi connectivity index (χ3n) is 4.58. The van der Waals surface area contributed by atoms with Crippen LogP contribution in [0.2, 0.25) is 0 Å². The van der Waals surface area contributed by atoms with E-state index >= 15 is 0 Å². The number of hydrogen-bond acceptors (Lipinski definition) is 3. The molecule has 1 saturated carbocycles. The van der Waals surface area contributed by atoms with E-state index in [9.17, 15) is 8.42 Å². The Morgan fingerprint density at radius 3 is 2.33 bits per heavy atom. The molecule has 21 heavy (non-hydrogen) atoms. The molecule has 0 saturated heterocycles. The number of aryl methyl sites for hydroxylation is 1. The Labute approximate surface area is 128 Å². The van der Waals surface area contributed by atoms with E-state index in [4.69, 9.17) is 5.73 Å². The van der Waals surface area contributed by atoms with Gasteiger partial charge in [-0.05, 0) is 49.9 Å². The van der Waals surface area contributed by atoms with Crippen LogP contribution in [0.5, 0.6) is 0 Å². The van der Waals surface area contributed by atoms with Crippen LogP contribution in [0.3, 0.4) is 0 Å². The fraction of sp³-hybridized carbons (Fsp3) is 0.625. The number of anilines is 1. The third-order valence-corrected chi connectivity index (χ3v) is 6.59. The number of nitrogens with two attached hydrogens (primary N) is 1. The summed E-state index contributed by atoms with van der Waals surface area (Å²) in [7, 11) is -3.46. The molecule has 5 heteroatoms. The molecule has 0 atom stereocenters. The van der Waals surface area contributed by atoms with Gasteiger partial charge in [-0.15, -0.1) is 0 Å². The molecule has 1 aliphatic rings. The number of nitrogen functional groups attached to an aromatic ring is 1. The second-order valence-electron chi connectivity index (χ2n) is 5.95. The van der Waals surface area contributed by atoms with Crippen LogP contribution in [-0.2, 0) is 10.0 Å². The van der Waals surface area contributed by atoms with Crippen molar-refractivity contribution in [2.45, 2.75) is 63.8 Å². The lowest BCUT2D eigenvalue weighted by molar-refractivity contribution is 0.261. The summed E-state index contributed by atoms with van der Waals surface area (Å²) in [6.45, 7) is 6.25. The SMILES string of the molecule is CCN(C1CCCCC1)S(=O)(=O)c1cc(C)c(C)c(N)c1. The van der Waals surface area contributed by atoms with Crippen molar-refractivity contribution in [2.75, 3.05) is 12.3 Å². The van der Waals surface area contributed by atoms with E-state index in [1.165, 1.54) is 6.42 Å². The molecule has 0 bridgehead atoms. The lowest BCUT2D eigenvalue weighted by atomic mass is 9.95. The maximum atomic E-state index is 12.9. The number of hydrogen-bond donors (Lipinski definition) is 1. The Morgan fingerprint density at radius 1 is 1.19 bits per heavy atom. The molecule has 1 fully saturated rings. The molecule has 2 rings (SSSR count). The lowest BCUT2D eigenvalue weighted by Crippen LogP contribution is -2.41. The fourth-order valence-corrected chi connectivity index (χ4v) is 4.95. The van der Waals surface area contributed by atoms with Gasteiger partial charge in [0.25, 0.3) is 0 Å². The van der Waals surface area contributed by atoms with Gasteiger partial charge >= 0.3 is 0 Å². The summed E-state index contributed by atoms with van der Waals surface area (Å²) in [4.78, 5) is 0.329.